The van der Waals surface area contributed by atoms with Gasteiger partial charge in [0.2, 0.25) is 0 Å². The SMILES string of the molecule is CC(C)(C)OC(=O)N[C@H]1C[C@H](c2c(OC(F)F)cccc2C(=O)O)C23C=CC=C(c4cnc(C(C)(C)O[Si](C)(C)C(C)(C)C)nc4)C2=NCN13. The molecule has 1 aromatic heterocycles. The van der Waals surface area contributed by atoms with Gasteiger partial charge in [0.25, 0.3) is 0 Å². The van der Waals surface area contributed by atoms with Gasteiger partial charge in [-0.15, -0.1) is 0 Å². The number of carboxylic acid groups (broad SMARTS) is 1. The van der Waals surface area contributed by atoms with Crippen molar-refractivity contribution in [3.63, 3.8) is 0 Å². The van der Waals surface area contributed by atoms with E-state index < -0.39 is 55.8 Å². The van der Waals surface area contributed by atoms with Gasteiger partial charge in [0.15, 0.2) is 14.1 Å². The Morgan fingerprint density at radius 2 is 1.74 bits per heavy atom. The smallest absolute Gasteiger partial charge is 0.408 e. The second kappa shape index (κ2) is 12.9. The highest BCUT2D eigenvalue weighted by Gasteiger charge is 2.61. The summed E-state index contributed by atoms with van der Waals surface area (Å²) in [7, 11) is -2.16. The number of aliphatic imine (C=N–C) groups is 1. The molecule has 1 saturated heterocycles. The maximum atomic E-state index is 13.8. The number of hydrogen-bond donors (Lipinski definition) is 2. The number of nitrogens with one attached hydrogen (secondary N) is 1. The number of halogens is 2. The molecule has 14 heteroatoms. The molecule has 50 heavy (non-hydrogen) atoms. The third-order valence-electron chi connectivity index (χ3n) is 9.83. The molecule has 3 atom stereocenters. The second-order valence-corrected chi connectivity index (χ2v) is 20.6. The molecular formula is C36H47F2N5O6Si. The predicted octanol–water partition coefficient (Wildman–Crippen LogP) is 7.48. The summed E-state index contributed by atoms with van der Waals surface area (Å²) in [5, 5.41) is 13.2. The van der Waals surface area contributed by atoms with Crippen LogP contribution in [0.5, 0.6) is 5.75 Å². The maximum absolute atomic E-state index is 13.8. The Kier molecular flexibility index (Phi) is 9.65. The molecule has 3 aliphatic rings. The van der Waals surface area contributed by atoms with E-state index in [9.17, 15) is 23.5 Å². The summed E-state index contributed by atoms with van der Waals surface area (Å²) < 4.78 is 44.7. The van der Waals surface area contributed by atoms with Crippen molar-refractivity contribution >= 4 is 31.7 Å². The van der Waals surface area contributed by atoms with Crippen molar-refractivity contribution in [3.8, 4) is 5.75 Å². The Bertz CT molecular complexity index is 1750. The number of ether oxygens (including phenoxy) is 2. The van der Waals surface area contributed by atoms with E-state index in [0.717, 1.165) is 0 Å². The van der Waals surface area contributed by atoms with Crippen LogP contribution in [-0.4, -0.2) is 76.7 Å². The van der Waals surface area contributed by atoms with Crippen LogP contribution in [0.25, 0.3) is 5.57 Å². The molecule has 1 fully saturated rings. The van der Waals surface area contributed by atoms with E-state index in [1.54, 1.807) is 33.2 Å². The van der Waals surface area contributed by atoms with Gasteiger partial charge < -0.3 is 24.3 Å². The fraction of sp³-hybridized carbons (Fsp3) is 0.528. The van der Waals surface area contributed by atoms with Gasteiger partial charge in [0, 0.05) is 35.0 Å². The summed E-state index contributed by atoms with van der Waals surface area (Å²) in [6, 6.07) is 4.06. The zero-order chi connectivity index (χ0) is 37.0. The van der Waals surface area contributed by atoms with E-state index in [-0.39, 0.29) is 35.0 Å². The monoisotopic (exact) mass is 711 g/mol. The molecular weight excluding hydrogens is 665 g/mol. The lowest BCUT2D eigenvalue weighted by Gasteiger charge is -2.42. The minimum atomic E-state index is -3.20. The first kappa shape index (κ1) is 37.2. The number of amides is 1. The zero-order valence-corrected chi connectivity index (χ0v) is 31.3. The van der Waals surface area contributed by atoms with Crippen molar-refractivity contribution in [1.29, 1.82) is 0 Å². The van der Waals surface area contributed by atoms with E-state index in [1.807, 2.05) is 37.0 Å². The molecule has 0 saturated carbocycles. The second-order valence-electron chi connectivity index (χ2n) is 15.9. The quantitative estimate of drug-likeness (QED) is 0.254. The Hall–Kier alpha value is -4.01. The van der Waals surface area contributed by atoms with E-state index in [2.05, 4.69) is 39.2 Å². The number of carbonyl (C=O) groups excluding carboxylic acids is 1. The summed E-state index contributed by atoms with van der Waals surface area (Å²) >= 11 is 0. The average Bonchev–Trinajstić information content (AvgIpc) is 3.50. The first-order chi connectivity index (χ1) is 23.1. The van der Waals surface area contributed by atoms with Crippen LogP contribution in [0.3, 0.4) is 0 Å². The van der Waals surface area contributed by atoms with Crippen LogP contribution in [0.2, 0.25) is 18.1 Å². The number of aromatic carboxylic acids is 1. The van der Waals surface area contributed by atoms with Crippen LogP contribution in [-0.2, 0) is 14.8 Å². The maximum Gasteiger partial charge on any atom is 0.408 e. The predicted molar refractivity (Wildman–Crippen MR) is 188 cm³/mol. The van der Waals surface area contributed by atoms with Gasteiger partial charge in [0.1, 0.15) is 17.0 Å². The van der Waals surface area contributed by atoms with Crippen molar-refractivity contribution in [3.05, 3.63) is 71.3 Å². The number of nitrogens with zero attached hydrogens (tertiary/aromatic N) is 4. The van der Waals surface area contributed by atoms with E-state index >= 15 is 0 Å². The van der Waals surface area contributed by atoms with Crippen LogP contribution in [0, 0.1) is 0 Å². The van der Waals surface area contributed by atoms with Gasteiger partial charge in [-0.3, -0.25) is 4.99 Å². The third-order valence-corrected chi connectivity index (χ3v) is 14.5. The summed E-state index contributed by atoms with van der Waals surface area (Å²) in [4.78, 5) is 42.0. The number of rotatable bonds is 9. The summed E-state index contributed by atoms with van der Waals surface area (Å²) in [6.45, 7) is 16.9. The van der Waals surface area contributed by atoms with Crippen molar-refractivity contribution in [2.45, 2.75) is 115 Å². The fourth-order valence-corrected chi connectivity index (χ4v) is 8.47. The van der Waals surface area contributed by atoms with Crippen LogP contribution in [0.4, 0.5) is 13.6 Å². The van der Waals surface area contributed by atoms with Crippen LogP contribution < -0.4 is 10.1 Å². The van der Waals surface area contributed by atoms with Gasteiger partial charge >= 0.3 is 18.7 Å². The van der Waals surface area contributed by atoms with Gasteiger partial charge in [0.05, 0.1) is 29.6 Å². The van der Waals surface area contributed by atoms with E-state index in [0.29, 0.717) is 22.7 Å². The van der Waals surface area contributed by atoms with Gasteiger partial charge in [-0.05, 0) is 71.3 Å². The van der Waals surface area contributed by atoms with Crippen molar-refractivity contribution in [2.24, 2.45) is 4.99 Å². The molecule has 1 aromatic carbocycles. The number of aromatic nitrogens is 2. The molecule has 1 aliphatic carbocycles. The minimum Gasteiger partial charge on any atom is -0.478 e. The molecule has 1 unspecified atom stereocenters. The molecule has 5 rings (SSSR count). The highest BCUT2D eigenvalue weighted by Crippen LogP contribution is 2.55. The molecule has 0 radical (unpaired) electrons. The average molecular weight is 712 g/mol. The first-order valence-electron chi connectivity index (χ1n) is 16.6. The summed E-state index contributed by atoms with van der Waals surface area (Å²) in [6.07, 6.45) is 7.76. The fourth-order valence-electron chi connectivity index (χ4n) is 6.79. The number of carboxylic acids is 1. The minimum absolute atomic E-state index is 0.0161. The number of benzene rings is 1. The lowest BCUT2D eigenvalue weighted by atomic mass is 9.71. The Labute approximate surface area is 293 Å². The number of alkyl carbamates (subject to hydrolysis) is 1. The lowest BCUT2D eigenvalue weighted by molar-refractivity contribution is -0.0508. The Morgan fingerprint density at radius 3 is 2.32 bits per heavy atom. The van der Waals surface area contributed by atoms with Crippen LogP contribution >= 0.6 is 0 Å². The first-order valence-corrected chi connectivity index (χ1v) is 19.5. The molecule has 11 nitrogen and oxygen atoms in total. The number of carbonyl (C=O) groups is 2. The van der Waals surface area contributed by atoms with Crippen molar-refractivity contribution in [1.82, 2.24) is 20.2 Å². The van der Waals surface area contributed by atoms with Gasteiger partial charge in [-0.25, -0.2) is 24.5 Å². The molecule has 2 N–H and O–H groups in total. The third kappa shape index (κ3) is 6.97. The van der Waals surface area contributed by atoms with Gasteiger partial charge in [-0.1, -0.05) is 45.1 Å². The highest BCUT2D eigenvalue weighted by molar-refractivity contribution is 6.74. The zero-order valence-electron chi connectivity index (χ0n) is 30.3. The molecule has 2 aliphatic heterocycles. The topological polar surface area (TPSA) is 135 Å². The standard InChI is InChI=1S/C36H47F2N5O6Si/c1-33(2,3)48-32(46)42-26-17-24(27-23(29(44)45)13-11-15-25(27)47-31(37)38)36-16-12-14-22(28(36)41-20-43(26)36)21-18-39-30(40-19-21)35(7,8)49-50(9,10)34(4,5)6/h11-16,18-19,24,26,31H,17,20H2,1-10H3,(H,42,46)(H,44,45)/t24-,26-,36?/m1/s1. The molecule has 1 spiro atoms. The number of allylic oxidation sites excluding steroid dienone is 2. The number of alkyl halides is 2. The Morgan fingerprint density at radius 1 is 1.08 bits per heavy atom. The van der Waals surface area contributed by atoms with Crippen LogP contribution in [0.1, 0.15) is 95.0 Å². The summed E-state index contributed by atoms with van der Waals surface area (Å²) in [5.41, 5.74) is -0.908. The lowest BCUT2D eigenvalue weighted by Crippen LogP contribution is -2.54. The molecule has 270 valence electrons. The van der Waals surface area contributed by atoms with Crippen molar-refractivity contribution < 1.29 is 37.4 Å². The molecule has 1 amide bonds. The summed E-state index contributed by atoms with van der Waals surface area (Å²) in [5.74, 6) is -1.83. The van der Waals surface area contributed by atoms with E-state index in [4.69, 9.17) is 28.9 Å². The van der Waals surface area contributed by atoms with E-state index in [1.165, 1.54) is 18.2 Å². The normalized spacial score (nSPS) is 22.5. The molecule has 2 aromatic rings. The van der Waals surface area contributed by atoms with Crippen molar-refractivity contribution in [2.75, 3.05) is 6.67 Å². The van der Waals surface area contributed by atoms with Crippen LogP contribution in [0.15, 0.2) is 53.8 Å². The largest absolute Gasteiger partial charge is 0.478 e. The number of hydrogen-bond acceptors (Lipinski definition) is 9. The highest BCUT2D eigenvalue weighted by atomic mass is 28.4. The molecule has 3 heterocycles. The van der Waals surface area contributed by atoms with Gasteiger partial charge in [-0.2, -0.15) is 8.78 Å². The Balaban J connectivity index is 1.58. The molecule has 0 bridgehead atoms.